The minimum Gasteiger partial charge on any atom is -0.477 e. The van der Waals surface area contributed by atoms with E-state index in [0.29, 0.717) is 37.4 Å². The monoisotopic (exact) mass is 574 g/mol. The number of thioether (sulfide) groups is 1. The van der Waals surface area contributed by atoms with Gasteiger partial charge in [0.05, 0.1) is 23.8 Å². The highest BCUT2D eigenvalue weighted by Crippen LogP contribution is 2.51. The van der Waals surface area contributed by atoms with Crippen LogP contribution >= 0.6 is 11.8 Å². The SMILES string of the molecule is C[C@@H](NC(=O)Cn1cnnn1)[C@H]1C(=O)N2C(C(=O)O)=C(S[C@@H]3CN[C@H](C(=O)N4CC[C@H](CC(=N)N)C4)C3)[C@H](C)[C@H]12. The Morgan fingerprint density at radius 1 is 1.38 bits per heavy atom. The van der Waals surface area contributed by atoms with Crippen molar-refractivity contribution in [3.8, 4) is 0 Å². The first-order valence-electron chi connectivity index (χ1n) is 13.4. The lowest BCUT2D eigenvalue weighted by molar-refractivity contribution is -0.158. The molecule has 3 fully saturated rings. The van der Waals surface area contributed by atoms with Gasteiger partial charge in [0, 0.05) is 48.2 Å². The number of tetrazole rings is 1. The molecule has 216 valence electrons. The fraction of sp³-hybridized carbons (Fsp3) is 0.667. The Balaban J connectivity index is 1.20. The summed E-state index contributed by atoms with van der Waals surface area (Å²) in [5.74, 6) is -2.28. The third kappa shape index (κ3) is 5.29. The zero-order chi connectivity index (χ0) is 28.7. The Kier molecular flexibility index (Phi) is 7.81. The highest BCUT2D eigenvalue weighted by atomic mass is 32.2. The second-order valence-corrected chi connectivity index (χ2v) is 12.3. The summed E-state index contributed by atoms with van der Waals surface area (Å²) in [5, 5.41) is 34.3. The lowest BCUT2D eigenvalue weighted by atomic mass is 9.78. The van der Waals surface area contributed by atoms with Crippen molar-refractivity contribution in [3.05, 3.63) is 16.9 Å². The number of aliphatic carboxylic acids is 1. The van der Waals surface area contributed by atoms with Gasteiger partial charge in [-0.15, -0.1) is 16.9 Å². The second kappa shape index (κ2) is 11.2. The van der Waals surface area contributed by atoms with E-state index in [2.05, 4.69) is 26.2 Å². The lowest BCUT2D eigenvalue weighted by Crippen LogP contribution is -2.66. The zero-order valence-corrected chi connectivity index (χ0v) is 23.1. The number of carbonyl (C=O) groups excluding carboxylic acids is 3. The van der Waals surface area contributed by atoms with Crippen LogP contribution in [0.2, 0.25) is 0 Å². The van der Waals surface area contributed by atoms with Crippen molar-refractivity contribution in [3.63, 3.8) is 0 Å². The van der Waals surface area contributed by atoms with Crippen LogP contribution in [0.1, 0.15) is 33.1 Å². The van der Waals surface area contributed by atoms with Gasteiger partial charge >= 0.3 is 5.97 Å². The number of rotatable bonds is 10. The molecule has 6 N–H and O–H groups in total. The molecule has 0 radical (unpaired) electrons. The van der Waals surface area contributed by atoms with Crippen LogP contribution in [0.5, 0.6) is 0 Å². The predicted octanol–water partition coefficient (Wildman–Crippen LogP) is -1.41. The standard InChI is InChI=1S/C24H34N10O5S/c1-11-19-18(12(2)29-17(35)9-33-10-28-30-31-33)23(37)34(19)20(24(38)39)21(11)40-14-6-15(27-7-14)22(36)32-4-3-13(8-32)5-16(25)26/h10-15,18-19,27H,3-9H2,1-2H3,(H3,25,26)(H,29,35)(H,38,39)/t11-,12-,13-,14+,15+,18-,19-/m1/s1. The number of aromatic nitrogens is 4. The molecule has 0 saturated carbocycles. The van der Waals surface area contributed by atoms with Crippen LogP contribution in [0.15, 0.2) is 16.9 Å². The normalized spacial score (nSPS) is 30.3. The highest BCUT2D eigenvalue weighted by molar-refractivity contribution is 8.03. The second-order valence-electron chi connectivity index (χ2n) is 11.0. The molecule has 4 aliphatic heterocycles. The summed E-state index contributed by atoms with van der Waals surface area (Å²) in [6.45, 7) is 5.33. The van der Waals surface area contributed by atoms with Crippen LogP contribution in [0.25, 0.3) is 0 Å². The van der Waals surface area contributed by atoms with Crippen molar-refractivity contribution in [2.24, 2.45) is 23.5 Å². The largest absolute Gasteiger partial charge is 0.477 e. The van der Waals surface area contributed by atoms with Crippen molar-refractivity contribution in [2.75, 3.05) is 19.6 Å². The van der Waals surface area contributed by atoms with Crippen LogP contribution in [-0.2, 0) is 25.7 Å². The zero-order valence-electron chi connectivity index (χ0n) is 22.3. The van der Waals surface area contributed by atoms with E-state index in [0.717, 1.165) is 6.42 Å². The number of hydrogen-bond donors (Lipinski definition) is 5. The van der Waals surface area contributed by atoms with Crippen LogP contribution in [-0.4, -0.2) is 108 Å². The van der Waals surface area contributed by atoms with Gasteiger partial charge < -0.3 is 31.3 Å². The van der Waals surface area contributed by atoms with E-state index in [4.69, 9.17) is 11.1 Å². The molecule has 40 heavy (non-hydrogen) atoms. The van der Waals surface area contributed by atoms with E-state index in [-0.39, 0.29) is 65.0 Å². The minimum atomic E-state index is -1.16. The van der Waals surface area contributed by atoms with Crippen molar-refractivity contribution >= 4 is 41.3 Å². The molecule has 4 aliphatic rings. The molecule has 15 nitrogen and oxygen atoms in total. The maximum Gasteiger partial charge on any atom is 0.353 e. The van der Waals surface area contributed by atoms with E-state index < -0.39 is 17.9 Å². The number of nitrogens with one attached hydrogen (secondary N) is 3. The third-order valence-corrected chi connectivity index (χ3v) is 9.72. The fourth-order valence-corrected chi connectivity index (χ4v) is 7.86. The molecule has 0 unspecified atom stereocenters. The van der Waals surface area contributed by atoms with E-state index in [1.165, 1.54) is 27.7 Å². The molecular formula is C24H34N10O5S. The van der Waals surface area contributed by atoms with Crippen molar-refractivity contribution in [2.45, 2.75) is 63.0 Å². The summed E-state index contributed by atoms with van der Waals surface area (Å²) in [7, 11) is 0. The van der Waals surface area contributed by atoms with Gasteiger partial charge in [-0.3, -0.25) is 19.8 Å². The van der Waals surface area contributed by atoms with E-state index in [1.54, 1.807) is 6.92 Å². The number of amides is 3. The number of carboxylic acid groups (broad SMARTS) is 1. The number of carboxylic acids is 1. The summed E-state index contributed by atoms with van der Waals surface area (Å²) in [4.78, 5) is 54.8. The molecule has 0 bridgehead atoms. The fourth-order valence-electron chi connectivity index (χ4n) is 6.38. The van der Waals surface area contributed by atoms with Gasteiger partial charge in [0.2, 0.25) is 17.7 Å². The molecule has 5 rings (SSSR count). The minimum absolute atomic E-state index is 0.00244. The Bertz CT molecular complexity index is 1240. The van der Waals surface area contributed by atoms with Gasteiger partial charge in [0.1, 0.15) is 18.6 Å². The number of nitrogens with zero attached hydrogens (tertiary/aromatic N) is 6. The molecule has 16 heteroatoms. The number of nitrogens with two attached hydrogens (primary N) is 1. The van der Waals surface area contributed by atoms with Gasteiger partial charge in [0.25, 0.3) is 0 Å². The molecular weight excluding hydrogens is 540 g/mol. The van der Waals surface area contributed by atoms with Crippen LogP contribution in [0.4, 0.5) is 0 Å². The average molecular weight is 575 g/mol. The number of β-lactam (4-membered cyclic amide) rings is 1. The highest BCUT2D eigenvalue weighted by Gasteiger charge is 2.60. The van der Waals surface area contributed by atoms with Crippen LogP contribution < -0.4 is 16.4 Å². The summed E-state index contributed by atoms with van der Waals surface area (Å²) in [6, 6.07) is -1.25. The topological polar surface area (TPSA) is 213 Å². The molecule has 0 aliphatic carbocycles. The van der Waals surface area contributed by atoms with E-state index in [1.807, 2.05) is 11.8 Å². The first-order chi connectivity index (χ1) is 19.0. The molecule has 1 aromatic heterocycles. The lowest BCUT2D eigenvalue weighted by Gasteiger charge is -2.47. The summed E-state index contributed by atoms with van der Waals surface area (Å²) < 4.78 is 1.27. The number of hydrogen-bond acceptors (Lipinski definition) is 10. The quantitative estimate of drug-likeness (QED) is 0.124. The third-order valence-electron chi connectivity index (χ3n) is 8.20. The van der Waals surface area contributed by atoms with Crippen LogP contribution in [0.3, 0.4) is 0 Å². The summed E-state index contributed by atoms with van der Waals surface area (Å²) in [5.41, 5.74) is 5.52. The number of carbonyl (C=O) groups is 4. The molecule has 0 spiro atoms. The molecule has 1 aromatic rings. The Morgan fingerprint density at radius 2 is 2.15 bits per heavy atom. The van der Waals surface area contributed by atoms with Crippen molar-refractivity contribution < 1.29 is 24.3 Å². The summed E-state index contributed by atoms with van der Waals surface area (Å²) >= 11 is 1.43. The van der Waals surface area contributed by atoms with Gasteiger partial charge in [-0.2, -0.15) is 0 Å². The first kappa shape index (κ1) is 28.0. The Hall–Kier alpha value is -3.53. The Morgan fingerprint density at radius 3 is 2.83 bits per heavy atom. The molecule has 7 atom stereocenters. The van der Waals surface area contributed by atoms with Gasteiger partial charge in [-0.1, -0.05) is 6.92 Å². The van der Waals surface area contributed by atoms with Crippen molar-refractivity contribution in [1.82, 2.24) is 40.6 Å². The summed E-state index contributed by atoms with van der Waals surface area (Å²) in [6.07, 6.45) is 3.18. The predicted molar refractivity (Wildman–Crippen MR) is 142 cm³/mol. The molecule has 5 heterocycles. The Labute approximate surface area is 234 Å². The molecule has 3 saturated heterocycles. The maximum absolute atomic E-state index is 13.2. The number of amidine groups is 1. The van der Waals surface area contributed by atoms with Crippen molar-refractivity contribution in [1.29, 1.82) is 5.41 Å². The smallest absolute Gasteiger partial charge is 0.353 e. The van der Waals surface area contributed by atoms with E-state index in [9.17, 15) is 24.3 Å². The molecule has 0 aromatic carbocycles. The number of likely N-dealkylation sites (tertiary alicyclic amines) is 1. The van der Waals surface area contributed by atoms with E-state index >= 15 is 0 Å². The first-order valence-corrected chi connectivity index (χ1v) is 14.3. The molecule has 3 amide bonds. The maximum atomic E-state index is 13.2. The number of fused-ring (bicyclic) bond motifs is 1. The van der Waals surface area contributed by atoms with Gasteiger partial charge in [0.15, 0.2) is 0 Å². The van der Waals surface area contributed by atoms with Crippen LogP contribution in [0, 0.1) is 23.2 Å². The average Bonchev–Trinajstić information content (AvgIpc) is 3.67. The van der Waals surface area contributed by atoms with Gasteiger partial charge in [-0.25, -0.2) is 9.48 Å². The van der Waals surface area contributed by atoms with Gasteiger partial charge in [-0.05, 0) is 36.1 Å².